The van der Waals surface area contributed by atoms with Gasteiger partial charge in [0.25, 0.3) is 0 Å². The molecule has 0 aromatic heterocycles. The van der Waals surface area contributed by atoms with Crippen LogP contribution in [0.15, 0.2) is 49.1 Å². The third-order valence-corrected chi connectivity index (χ3v) is 3.37. The number of nitro benzene ring substituents is 1. The van der Waals surface area contributed by atoms with Crippen LogP contribution in [0.4, 0.5) is 5.69 Å². The van der Waals surface area contributed by atoms with Gasteiger partial charge in [-0.3, -0.25) is 10.1 Å². The molecule has 130 valence electrons. The number of nitrogens with zero attached hydrogens (tertiary/aromatic N) is 1. The van der Waals surface area contributed by atoms with Gasteiger partial charge in [0.1, 0.15) is 18.1 Å². The maximum atomic E-state index is 11.1. The second-order valence-corrected chi connectivity index (χ2v) is 5.06. The smallest absolute Gasteiger partial charge is 0.311 e. The first kappa shape index (κ1) is 18.1. The maximum absolute atomic E-state index is 11.1. The highest BCUT2D eigenvalue weighted by molar-refractivity contribution is 5.72. The number of rotatable bonds is 8. The van der Waals surface area contributed by atoms with Crippen molar-refractivity contribution in [2.45, 2.75) is 0 Å². The lowest BCUT2D eigenvalue weighted by Crippen LogP contribution is -1.94. The lowest BCUT2D eigenvalue weighted by atomic mass is 10.1. The second kappa shape index (κ2) is 8.54. The van der Waals surface area contributed by atoms with E-state index in [1.54, 1.807) is 37.5 Å². The molecule has 0 atom stereocenters. The first-order chi connectivity index (χ1) is 12.1. The predicted molar refractivity (Wildman–Crippen MR) is 97.3 cm³/mol. The largest absolute Gasteiger partial charge is 0.497 e. The van der Waals surface area contributed by atoms with Crippen molar-refractivity contribution < 1.29 is 19.1 Å². The number of nitro groups is 1. The molecule has 6 heteroatoms. The van der Waals surface area contributed by atoms with Gasteiger partial charge in [-0.05, 0) is 29.3 Å². The molecule has 0 bridgehead atoms. The summed E-state index contributed by atoms with van der Waals surface area (Å²) in [6, 6.07) is 10.2. The minimum Gasteiger partial charge on any atom is -0.497 e. The number of hydrogen-bond donors (Lipinski definition) is 0. The van der Waals surface area contributed by atoms with Gasteiger partial charge < -0.3 is 14.2 Å². The number of hydrogen-bond acceptors (Lipinski definition) is 5. The molecule has 0 saturated heterocycles. The van der Waals surface area contributed by atoms with E-state index in [-0.39, 0.29) is 11.4 Å². The molecule has 0 amide bonds. The van der Waals surface area contributed by atoms with E-state index in [0.717, 1.165) is 5.56 Å². The lowest BCUT2D eigenvalue weighted by Gasteiger charge is -2.08. The average Bonchev–Trinajstić information content (AvgIpc) is 2.64. The van der Waals surface area contributed by atoms with Crippen LogP contribution in [0, 0.1) is 10.1 Å². The Morgan fingerprint density at radius 1 is 1.04 bits per heavy atom. The van der Waals surface area contributed by atoms with Crippen LogP contribution in [0.3, 0.4) is 0 Å². The molecule has 0 heterocycles. The monoisotopic (exact) mass is 341 g/mol. The van der Waals surface area contributed by atoms with E-state index in [0.29, 0.717) is 23.7 Å². The molecule has 0 fully saturated rings. The standard InChI is InChI=1S/C19H19NO5/c1-4-9-25-17-11-15(10-16(13-17)23-2)6-5-14-7-8-19(24-3)18(12-14)20(21)22/h4-8,10-13H,1,9H2,2-3H3. The molecule has 6 nitrogen and oxygen atoms in total. The van der Waals surface area contributed by atoms with Crippen LogP contribution in [-0.4, -0.2) is 25.7 Å². The molecule has 0 aliphatic carbocycles. The van der Waals surface area contributed by atoms with Gasteiger partial charge in [0.05, 0.1) is 19.1 Å². The zero-order chi connectivity index (χ0) is 18.2. The normalized spacial score (nSPS) is 10.5. The zero-order valence-electron chi connectivity index (χ0n) is 14.1. The molecule has 25 heavy (non-hydrogen) atoms. The summed E-state index contributed by atoms with van der Waals surface area (Å²) in [7, 11) is 2.98. The van der Waals surface area contributed by atoms with Crippen molar-refractivity contribution in [1.29, 1.82) is 0 Å². The molecule has 2 aromatic rings. The molecule has 2 rings (SSSR count). The fourth-order valence-electron chi connectivity index (χ4n) is 2.19. The predicted octanol–water partition coefficient (Wildman–Crippen LogP) is 4.35. The van der Waals surface area contributed by atoms with Crippen LogP contribution in [0.2, 0.25) is 0 Å². The third-order valence-electron chi connectivity index (χ3n) is 3.37. The van der Waals surface area contributed by atoms with Gasteiger partial charge in [0.2, 0.25) is 0 Å². The Morgan fingerprint density at radius 3 is 2.40 bits per heavy atom. The summed E-state index contributed by atoms with van der Waals surface area (Å²) >= 11 is 0. The highest BCUT2D eigenvalue weighted by Crippen LogP contribution is 2.29. The molecule has 0 spiro atoms. The molecule has 0 N–H and O–H groups in total. The highest BCUT2D eigenvalue weighted by Gasteiger charge is 2.14. The van der Waals surface area contributed by atoms with E-state index < -0.39 is 4.92 Å². The Hall–Kier alpha value is -3.28. The molecule has 0 radical (unpaired) electrons. The molecule has 0 aliphatic heterocycles. The third kappa shape index (κ3) is 4.84. The van der Waals surface area contributed by atoms with E-state index >= 15 is 0 Å². The zero-order valence-corrected chi connectivity index (χ0v) is 14.1. The van der Waals surface area contributed by atoms with E-state index in [9.17, 15) is 10.1 Å². The van der Waals surface area contributed by atoms with Gasteiger partial charge in [0.15, 0.2) is 5.75 Å². The Bertz CT molecular complexity index is 798. The fraction of sp³-hybridized carbons (Fsp3) is 0.158. The molecule has 0 aliphatic rings. The summed E-state index contributed by atoms with van der Waals surface area (Å²) in [5.74, 6) is 1.53. The summed E-state index contributed by atoms with van der Waals surface area (Å²) in [5, 5.41) is 11.1. The Balaban J connectivity index is 2.30. The van der Waals surface area contributed by atoms with Crippen LogP contribution in [-0.2, 0) is 0 Å². The highest BCUT2D eigenvalue weighted by atomic mass is 16.6. The first-order valence-corrected chi connectivity index (χ1v) is 7.50. The second-order valence-electron chi connectivity index (χ2n) is 5.06. The van der Waals surface area contributed by atoms with Crippen LogP contribution in [0.25, 0.3) is 12.2 Å². The van der Waals surface area contributed by atoms with Crippen molar-refractivity contribution in [1.82, 2.24) is 0 Å². The van der Waals surface area contributed by atoms with Crippen molar-refractivity contribution in [3.05, 3.63) is 70.3 Å². The number of benzene rings is 2. The van der Waals surface area contributed by atoms with Crippen LogP contribution in [0.1, 0.15) is 11.1 Å². The lowest BCUT2D eigenvalue weighted by molar-refractivity contribution is -0.385. The number of methoxy groups -OCH3 is 2. The van der Waals surface area contributed by atoms with Gasteiger partial charge in [-0.15, -0.1) is 0 Å². The van der Waals surface area contributed by atoms with E-state index in [4.69, 9.17) is 14.2 Å². The minimum absolute atomic E-state index is 0.0784. The van der Waals surface area contributed by atoms with Crippen molar-refractivity contribution in [3.8, 4) is 17.2 Å². The van der Waals surface area contributed by atoms with Gasteiger partial charge in [0, 0.05) is 12.1 Å². The quantitative estimate of drug-likeness (QED) is 0.309. The summed E-state index contributed by atoms with van der Waals surface area (Å²) < 4.78 is 15.8. The minimum atomic E-state index is -0.469. The Kier molecular flexibility index (Phi) is 6.17. The Labute approximate surface area is 146 Å². The maximum Gasteiger partial charge on any atom is 0.311 e. The summed E-state index contributed by atoms with van der Waals surface area (Å²) in [4.78, 5) is 10.6. The SMILES string of the molecule is C=CCOc1cc(C=Cc2ccc(OC)c([N+](=O)[O-])c2)cc(OC)c1. The molecular weight excluding hydrogens is 322 g/mol. The van der Waals surface area contributed by atoms with Crippen LogP contribution >= 0.6 is 0 Å². The van der Waals surface area contributed by atoms with Crippen molar-refractivity contribution in [3.63, 3.8) is 0 Å². The van der Waals surface area contributed by atoms with E-state index in [1.807, 2.05) is 18.2 Å². The molecular formula is C19H19NO5. The summed E-state index contributed by atoms with van der Waals surface area (Å²) in [6.07, 6.45) is 5.26. The van der Waals surface area contributed by atoms with Gasteiger partial charge >= 0.3 is 5.69 Å². The first-order valence-electron chi connectivity index (χ1n) is 7.50. The van der Waals surface area contributed by atoms with Gasteiger partial charge in [-0.25, -0.2) is 0 Å². The van der Waals surface area contributed by atoms with Crippen molar-refractivity contribution >= 4 is 17.8 Å². The van der Waals surface area contributed by atoms with Crippen LogP contribution in [0.5, 0.6) is 17.2 Å². The topological polar surface area (TPSA) is 70.8 Å². The fourth-order valence-corrected chi connectivity index (χ4v) is 2.19. The molecule has 2 aromatic carbocycles. The van der Waals surface area contributed by atoms with Crippen molar-refractivity contribution in [2.75, 3.05) is 20.8 Å². The van der Waals surface area contributed by atoms with E-state index in [1.165, 1.54) is 13.2 Å². The van der Waals surface area contributed by atoms with Crippen molar-refractivity contribution in [2.24, 2.45) is 0 Å². The van der Waals surface area contributed by atoms with Crippen LogP contribution < -0.4 is 14.2 Å². The van der Waals surface area contributed by atoms with Gasteiger partial charge in [-0.1, -0.05) is 30.9 Å². The molecule has 0 saturated carbocycles. The number of ether oxygens (including phenoxy) is 3. The van der Waals surface area contributed by atoms with Gasteiger partial charge in [-0.2, -0.15) is 0 Å². The summed E-state index contributed by atoms with van der Waals surface area (Å²) in [6.45, 7) is 4.01. The average molecular weight is 341 g/mol. The summed E-state index contributed by atoms with van der Waals surface area (Å²) in [5.41, 5.74) is 1.45. The van der Waals surface area contributed by atoms with E-state index in [2.05, 4.69) is 6.58 Å². The Morgan fingerprint density at radius 2 is 1.76 bits per heavy atom. The molecule has 0 unspecified atom stereocenters.